The number of nitrogens with one attached hydrogen (secondary N) is 1. The second-order valence-electron chi connectivity index (χ2n) is 3.95. The molecule has 0 radical (unpaired) electrons. The number of phenolic OH excluding ortho intramolecular Hbond substituents is 1. The van der Waals surface area contributed by atoms with Crippen LogP contribution in [0.15, 0.2) is 23.4 Å². The average Bonchev–Trinajstić information content (AvgIpc) is 2.34. The van der Waals surface area contributed by atoms with E-state index in [2.05, 4.69) is 10.5 Å². The number of rotatable bonds is 5. The number of amidine groups is 1. The number of nitrogens with zero attached hydrogens (tertiary/aromatic N) is 1. The molecule has 0 heterocycles. The Labute approximate surface area is 105 Å². The number of aryl methyl sites for hydroxylation is 1. The molecule has 6 heteroatoms. The first-order valence-electron chi connectivity index (χ1n) is 5.59. The Bertz CT molecular complexity index is 458. The summed E-state index contributed by atoms with van der Waals surface area (Å²) in [6.07, 6.45) is 1.02. The number of amides is 1. The van der Waals surface area contributed by atoms with Crippen molar-refractivity contribution < 1.29 is 15.1 Å². The number of hydrogen-bond acceptors (Lipinski definition) is 4. The van der Waals surface area contributed by atoms with E-state index in [-0.39, 0.29) is 17.5 Å². The fourth-order valence-corrected chi connectivity index (χ4v) is 1.52. The molecule has 1 rings (SSSR count). The van der Waals surface area contributed by atoms with Gasteiger partial charge < -0.3 is 21.4 Å². The molecule has 0 atom stereocenters. The van der Waals surface area contributed by atoms with Crippen LogP contribution in [0, 0.1) is 6.92 Å². The van der Waals surface area contributed by atoms with E-state index in [0.29, 0.717) is 30.5 Å². The summed E-state index contributed by atoms with van der Waals surface area (Å²) >= 11 is 0. The lowest BCUT2D eigenvalue weighted by Gasteiger charge is -2.07. The molecule has 0 spiro atoms. The Morgan fingerprint density at radius 3 is 2.83 bits per heavy atom. The van der Waals surface area contributed by atoms with Crippen LogP contribution in [0.3, 0.4) is 0 Å². The van der Waals surface area contributed by atoms with Gasteiger partial charge in [0.15, 0.2) is 0 Å². The minimum atomic E-state index is -0.202. The third-order valence-electron chi connectivity index (χ3n) is 2.48. The van der Waals surface area contributed by atoms with Crippen molar-refractivity contribution in [2.75, 3.05) is 6.54 Å². The molecule has 6 nitrogen and oxygen atoms in total. The average molecular weight is 251 g/mol. The van der Waals surface area contributed by atoms with Crippen molar-refractivity contribution in [2.24, 2.45) is 10.9 Å². The number of aromatic hydroxyl groups is 1. The molecular formula is C12H17N3O3. The van der Waals surface area contributed by atoms with Crippen molar-refractivity contribution in [3.05, 3.63) is 29.3 Å². The fourth-order valence-electron chi connectivity index (χ4n) is 1.52. The van der Waals surface area contributed by atoms with Gasteiger partial charge in [0.2, 0.25) is 0 Å². The van der Waals surface area contributed by atoms with E-state index in [4.69, 9.17) is 10.9 Å². The zero-order valence-electron chi connectivity index (χ0n) is 10.2. The third-order valence-corrected chi connectivity index (χ3v) is 2.48. The number of phenols is 1. The molecule has 98 valence electrons. The summed E-state index contributed by atoms with van der Waals surface area (Å²) in [6.45, 7) is 2.19. The van der Waals surface area contributed by atoms with Gasteiger partial charge >= 0.3 is 0 Å². The number of carbonyl (C=O) groups is 1. The maximum Gasteiger partial charge on any atom is 0.251 e. The summed E-state index contributed by atoms with van der Waals surface area (Å²) in [7, 11) is 0. The Morgan fingerprint density at radius 2 is 2.22 bits per heavy atom. The number of nitrogens with two attached hydrogens (primary N) is 1. The van der Waals surface area contributed by atoms with E-state index in [0.717, 1.165) is 0 Å². The molecule has 18 heavy (non-hydrogen) atoms. The normalized spacial score (nSPS) is 11.3. The predicted octanol–water partition coefficient (Wildman–Crippen LogP) is 0.957. The number of carbonyl (C=O) groups excluding carboxylic acids is 1. The van der Waals surface area contributed by atoms with Gasteiger partial charge in [-0.2, -0.15) is 0 Å². The third kappa shape index (κ3) is 3.97. The maximum absolute atomic E-state index is 11.8. The van der Waals surface area contributed by atoms with Crippen LogP contribution in [0.25, 0.3) is 0 Å². The Kier molecular flexibility index (Phi) is 4.98. The summed E-state index contributed by atoms with van der Waals surface area (Å²) in [5.74, 6) is 0.0769. The highest BCUT2D eigenvalue weighted by atomic mass is 16.4. The molecular weight excluding hydrogens is 234 g/mol. The van der Waals surface area contributed by atoms with Gasteiger partial charge in [-0.15, -0.1) is 0 Å². The van der Waals surface area contributed by atoms with E-state index in [1.165, 1.54) is 12.1 Å². The van der Waals surface area contributed by atoms with Gasteiger partial charge in [-0.05, 0) is 37.1 Å². The Balaban J connectivity index is 2.46. The summed E-state index contributed by atoms with van der Waals surface area (Å²) in [6, 6.07) is 4.58. The molecule has 0 aliphatic heterocycles. The summed E-state index contributed by atoms with van der Waals surface area (Å²) in [5, 5.41) is 23.1. The molecule has 0 saturated carbocycles. The minimum Gasteiger partial charge on any atom is -0.508 e. The molecule has 1 amide bonds. The zero-order chi connectivity index (χ0) is 13.5. The highest BCUT2D eigenvalue weighted by molar-refractivity contribution is 5.95. The first-order chi connectivity index (χ1) is 8.54. The van der Waals surface area contributed by atoms with Crippen molar-refractivity contribution in [1.29, 1.82) is 0 Å². The van der Waals surface area contributed by atoms with Gasteiger partial charge in [-0.1, -0.05) is 5.16 Å². The van der Waals surface area contributed by atoms with Crippen molar-refractivity contribution in [1.82, 2.24) is 5.32 Å². The first kappa shape index (κ1) is 13.8. The second kappa shape index (κ2) is 6.48. The predicted molar refractivity (Wildman–Crippen MR) is 67.8 cm³/mol. The highest BCUT2D eigenvalue weighted by Crippen LogP contribution is 2.15. The maximum atomic E-state index is 11.8. The molecule has 0 bridgehead atoms. The van der Waals surface area contributed by atoms with E-state index < -0.39 is 0 Å². The SMILES string of the molecule is Cc1cc(O)ccc1C(=O)NCCC/C(N)=N/O. The van der Waals surface area contributed by atoms with E-state index in [1.54, 1.807) is 13.0 Å². The van der Waals surface area contributed by atoms with Crippen LogP contribution in [0.4, 0.5) is 0 Å². The van der Waals surface area contributed by atoms with Crippen molar-refractivity contribution in [3.8, 4) is 5.75 Å². The largest absolute Gasteiger partial charge is 0.508 e. The Morgan fingerprint density at radius 1 is 1.50 bits per heavy atom. The second-order valence-corrected chi connectivity index (χ2v) is 3.95. The van der Waals surface area contributed by atoms with E-state index in [1.807, 2.05) is 0 Å². The molecule has 0 aliphatic rings. The zero-order valence-corrected chi connectivity index (χ0v) is 10.2. The molecule has 1 aromatic carbocycles. The van der Waals surface area contributed by atoms with Crippen LogP contribution in [0.2, 0.25) is 0 Å². The molecule has 0 unspecified atom stereocenters. The van der Waals surface area contributed by atoms with Gasteiger partial charge in [0, 0.05) is 18.5 Å². The molecule has 0 aromatic heterocycles. The van der Waals surface area contributed by atoms with E-state index >= 15 is 0 Å². The Hall–Kier alpha value is -2.24. The number of oxime groups is 1. The smallest absolute Gasteiger partial charge is 0.251 e. The lowest BCUT2D eigenvalue weighted by molar-refractivity contribution is 0.0953. The van der Waals surface area contributed by atoms with Gasteiger partial charge in [0.05, 0.1) is 0 Å². The fraction of sp³-hybridized carbons (Fsp3) is 0.333. The molecule has 1 aromatic rings. The quantitative estimate of drug-likeness (QED) is 0.205. The van der Waals surface area contributed by atoms with Crippen LogP contribution < -0.4 is 11.1 Å². The van der Waals surface area contributed by atoms with Crippen LogP contribution in [0.1, 0.15) is 28.8 Å². The summed E-state index contributed by atoms with van der Waals surface area (Å²) in [4.78, 5) is 11.8. The van der Waals surface area contributed by atoms with Crippen LogP contribution in [-0.4, -0.2) is 28.6 Å². The first-order valence-corrected chi connectivity index (χ1v) is 5.59. The monoisotopic (exact) mass is 251 g/mol. The van der Waals surface area contributed by atoms with Crippen LogP contribution in [0.5, 0.6) is 5.75 Å². The molecule has 0 aliphatic carbocycles. The van der Waals surface area contributed by atoms with Gasteiger partial charge in [-0.25, -0.2) is 0 Å². The topological polar surface area (TPSA) is 108 Å². The van der Waals surface area contributed by atoms with Crippen molar-refractivity contribution in [3.63, 3.8) is 0 Å². The van der Waals surface area contributed by atoms with Gasteiger partial charge in [0.1, 0.15) is 11.6 Å². The lowest BCUT2D eigenvalue weighted by Crippen LogP contribution is -2.26. The summed E-state index contributed by atoms with van der Waals surface area (Å²) < 4.78 is 0. The molecule has 0 saturated heterocycles. The molecule has 0 fully saturated rings. The summed E-state index contributed by atoms with van der Waals surface area (Å²) in [5.41, 5.74) is 6.54. The van der Waals surface area contributed by atoms with Gasteiger partial charge in [-0.3, -0.25) is 4.79 Å². The number of benzene rings is 1. The standard InChI is InChI=1S/C12H17N3O3/c1-8-7-9(16)4-5-10(8)12(17)14-6-2-3-11(13)15-18/h4-5,7,16,18H,2-3,6H2,1H3,(H2,13,15)(H,14,17). The minimum absolute atomic E-state index is 0.135. The van der Waals surface area contributed by atoms with Gasteiger partial charge in [0.25, 0.3) is 5.91 Å². The highest BCUT2D eigenvalue weighted by Gasteiger charge is 2.08. The van der Waals surface area contributed by atoms with E-state index in [9.17, 15) is 9.90 Å². The lowest BCUT2D eigenvalue weighted by atomic mass is 10.1. The van der Waals surface area contributed by atoms with Crippen LogP contribution in [-0.2, 0) is 0 Å². The molecule has 5 N–H and O–H groups in total. The van der Waals surface area contributed by atoms with Crippen molar-refractivity contribution in [2.45, 2.75) is 19.8 Å². The van der Waals surface area contributed by atoms with Crippen molar-refractivity contribution >= 4 is 11.7 Å². The van der Waals surface area contributed by atoms with Crippen LogP contribution >= 0.6 is 0 Å². The number of hydrogen-bond donors (Lipinski definition) is 4.